The summed E-state index contributed by atoms with van der Waals surface area (Å²) in [6.45, 7) is 1.46. The van der Waals surface area contributed by atoms with E-state index in [1.807, 2.05) is 0 Å². The standard InChI is InChI=1S/C8H9NO4/c1-2-12-8(11)6-13-7(10)4-3-5-9/h3-4H,2,6H2,1H3. The molecule has 0 aliphatic heterocycles. The zero-order valence-electron chi connectivity index (χ0n) is 7.15. The number of ether oxygens (including phenoxy) is 2. The Bertz CT molecular complexity index is 251. The van der Waals surface area contributed by atoms with Crippen molar-refractivity contribution in [3.8, 4) is 6.07 Å². The van der Waals surface area contributed by atoms with E-state index in [1.165, 1.54) is 0 Å². The van der Waals surface area contributed by atoms with Gasteiger partial charge in [0, 0.05) is 12.2 Å². The van der Waals surface area contributed by atoms with Crippen molar-refractivity contribution in [3.63, 3.8) is 0 Å². The van der Waals surface area contributed by atoms with Crippen molar-refractivity contribution in [1.29, 1.82) is 5.26 Å². The SMILES string of the molecule is CCOC(=O)COC(=O)C=CC#N. The summed E-state index contributed by atoms with van der Waals surface area (Å²) in [5, 5.41) is 8.04. The number of hydrogen-bond acceptors (Lipinski definition) is 5. The molecular formula is C8H9NO4. The highest BCUT2D eigenvalue weighted by molar-refractivity contribution is 5.84. The first-order valence-electron chi connectivity index (χ1n) is 3.59. The Morgan fingerprint density at radius 1 is 1.46 bits per heavy atom. The van der Waals surface area contributed by atoms with Crippen LogP contribution < -0.4 is 0 Å². The molecule has 5 nitrogen and oxygen atoms in total. The summed E-state index contributed by atoms with van der Waals surface area (Å²) in [5.41, 5.74) is 0. The van der Waals surface area contributed by atoms with Crippen LogP contribution in [-0.2, 0) is 19.1 Å². The van der Waals surface area contributed by atoms with Gasteiger partial charge in [-0.05, 0) is 6.92 Å². The third-order valence-electron chi connectivity index (χ3n) is 0.932. The maximum absolute atomic E-state index is 10.6. The van der Waals surface area contributed by atoms with Gasteiger partial charge in [0.05, 0.1) is 12.7 Å². The summed E-state index contributed by atoms with van der Waals surface area (Å²) in [4.78, 5) is 21.3. The summed E-state index contributed by atoms with van der Waals surface area (Å²) in [7, 11) is 0. The molecule has 0 aromatic carbocycles. The molecule has 0 saturated carbocycles. The molecule has 0 unspecified atom stereocenters. The molecule has 13 heavy (non-hydrogen) atoms. The Kier molecular flexibility index (Phi) is 5.89. The Morgan fingerprint density at radius 3 is 2.69 bits per heavy atom. The fourth-order valence-electron chi connectivity index (χ4n) is 0.486. The van der Waals surface area contributed by atoms with Crippen LogP contribution in [0.15, 0.2) is 12.2 Å². The molecule has 5 heteroatoms. The van der Waals surface area contributed by atoms with Crippen LogP contribution in [-0.4, -0.2) is 25.2 Å². The molecule has 0 heterocycles. The van der Waals surface area contributed by atoms with Crippen LogP contribution in [0.25, 0.3) is 0 Å². The lowest BCUT2D eigenvalue weighted by Crippen LogP contribution is -2.14. The van der Waals surface area contributed by atoms with Crippen LogP contribution in [0.1, 0.15) is 6.92 Å². The Hall–Kier alpha value is -1.83. The van der Waals surface area contributed by atoms with E-state index in [0.717, 1.165) is 12.2 Å². The third-order valence-corrected chi connectivity index (χ3v) is 0.932. The molecule has 0 radical (unpaired) electrons. The van der Waals surface area contributed by atoms with E-state index in [2.05, 4.69) is 9.47 Å². The number of nitriles is 1. The average Bonchev–Trinajstić information content (AvgIpc) is 2.12. The Morgan fingerprint density at radius 2 is 2.15 bits per heavy atom. The van der Waals surface area contributed by atoms with E-state index in [1.54, 1.807) is 13.0 Å². The molecule has 0 aliphatic carbocycles. The van der Waals surface area contributed by atoms with Crippen molar-refractivity contribution in [2.45, 2.75) is 6.92 Å². The normalized spacial score (nSPS) is 9.23. The second kappa shape index (κ2) is 6.85. The molecule has 0 aromatic heterocycles. The van der Waals surface area contributed by atoms with E-state index < -0.39 is 18.5 Å². The number of carbonyl (C=O) groups is 2. The Balaban J connectivity index is 3.65. The average molecular weight is 183 g/mol. The zero-order chi connectivity index (χ0) is 10.1. The summed E-state index contributed by atoms with van der Waals surface area (Å²) in [6, 6.07) is 1.61. The van der Waals surface area contributed by atoms with Gasteiger partial charge in [-0.3, -0.25) is 0 Å². The molecule has 0 N–H and O–H groups in total. The predicted octanol–water partition coefficient (Wildman–Crippen LogP) is 0.172. The summed E-state index contributed by atoms with van der Waals surface area (Å²) < 4.78 is 8.90. The second-order valence-electron chi connectivity index (χ2n) is 1.88. The third kappa shape index (κ3) is 6.56. The van der Waals surface area contributed by atoms with Gasteiger partial charge < -0.3 is 9.47 Å². The van der Waals surface area contributed by atoms with Crippen LogP contribution in [0.2, 0.25) is 0 Å². The number of carbonyl (C=O) groups excluding carboxylic acids is 2. The van der Waals surface area contributed by atoms with Gasteiger partial charge in [-0.1, -0.05) is 0 Å². The fraction of sp³-hybridized carbons (Fsp3) is 0.375. The fourth-order valence-corrected chi connectivity index (χ4v) is 0.486. The number of allylic oxidation sites excluding steroid dienone is 1. The highest BCUT2D eigenvalue weighted by Gasteiger charge is 2.04. The van der Waals surface area contributed by atoms with Gasteiger partial charge in [-0.15, -0.1) is 0 Å². The largest absolute Gasteiger partial charge is 0.463 e. The molecule has 0 fully saturated rings. The van der Waals surface area contributed by atoms with E-state index >= 15 is 0 Å². The van der Waals surface area contributed by atoms with Crippen LogP contribution in [0.3, 0.4) is 0 Å². The van der Waals surface area contributed by atoms with Crippen molar-refractivity contribution in [3.05, 3.63) is 12.2 Å². The number of rotatable bonds is 4. The van der Waals surface area contributed by atoms with Gasteiger partial charge in [0.15, 0.2) is 6.61 Å². The van der Waals surface area contributed by atoms with Gasteiger partial charge in [0.2, 0.25) is 0 Å². The molecule has 0 amide bonds. The topological polar surface area (TPSA) is 76.4 Å². The first kappa shape index (κ1) is 11.2. The van der Waals surface area contributed by atoms with Crippen molar-refractivity contribution in [2.75, 3.05) is 13.2 Å². The van der Waals surface area contributed by atoms with Crippen molar-refractivity contribution in [2.24, 2.45) is 0 Å². The Labute approximate surface area is 75.5 Å². The van der Waals surface area contributed by atoms with Gasteiger partial charge in [-0.2, -0.15) is 5.26 Å². The lowest BCUT2D eigenvalue weighted by atomic mass is 10.5. The van der Waals surface area contributed by atoms with E-state index in [-0.39, 0.29) is 6.61 Å². The van der Waals surface area contributed by atoms with E-state index in [4.69, 9.17) is 5.26 Å². The van der Waals surface area contributed by atoms with Gasteiger partial charge >= 0.3 is 11.9 Å². The van der Waals surface area contributed by atoms with Crippen molar-refractivity contribution in [1.82, 2.24) is 0 Å². The smallest absolute Gasteiger partial charge is 0.344 e. The molecular weight excluding hydrogens is 174 g/mol. The number of hydrogen-bond donors (Lipinski definition) is 0. The first-order valence-corrected chi connectivity index (χ1v) is 3.59. The molecule has 0 spiro atoms. The van der Waals surface area contributed by atoms with Crippen LogP contribution in [0.5, 0.6) is 0 Å². The van der Waals surface area contributed by atoms with Crippen molar-refractivity contribution < 1.29 is 19.1 Å². The van der Waals surface area contributed by atoms with E-state index in [0.29, 0.717) is 0 Å². The molecule has 0 rings (SSSR count). The lowest BCUT2D eigenvalue weighted by Gasteiger charge is -2.00. The minimum absolute atomic E-state index is 0.240. The summed E-state index contributed by atoms with van der Waals surface area (Å²) in [6.07, 6.45) is 1.90. The number of nitrogens with zero attached hydrogens (tertiary/aromatic N) is 1. The summed E-state index contributed by atoms with van der Waals surface area (Å²) in [5.74, 6) is -1.35. The quantitative estimate of drug-likeness (QED) is 0.353. The minimum atomic E-state index is -0.741. The molecule has 0 aliphatic rings. The van der Waals surface area contributed by atoms with Crippen LogP contribution in [0.4, 0.5) is 0 Å². The van der Waals surface area contributed by atoms with E-state index in [9.17, 15) is 9.59 Å². The van der Waals surface area contributed by atoms with Crippen LogP contribution in [0, 0.1) is 11.3 Å². The molecule has 0 bridgehead atoms. The highest BCUT2D eigenvalue weighted by Crippen LogP contribution is 1.84. The summed E-state index contributed by atoms with van der Waals surface area (Å²) >= 11 is 0. The first-order chi connectivity index (χ1) is 6.20. The molecule has 0 saturated heterocycles. The molecule has 70 valence electrons. The lowest BCUT2D eigenvalue weighted by molar-refractivity contribution is -0.155. The second-order valence-corrected chi connectivity index (χ2v) is 1.88. The van der Waals surface area contributed by atoms with Gasteiger partial charge in [0.25, 0.3) is 0 Å². The predicted molar refractivity (Wildman–Crippen MR) is 42.3 cm³/mol. The van der Waals surface area contributed by atoms with Gasteiger partial charge in [-0.25, -0.2) is 9.59 Å². The maximum Gasteiger partial charge on any atom is 0.344 e. The molecule has 0 atom stereocenters. The van der Waals surface area contributed by atoms with Crippen LogP contribution >= 0.6 is 0 Å². The monoisotopic (exact) mass is 183 g/mol. The van der Waals surface area contributed by atoms with Crippen molar-refractivity contribution >= 4 is 11.9 Å². The molecule has 0 aromatic rings. The highest BCUT2D eigenvalue weighted by atomic mass is 16.6. The zero-order valence-corrected chi connectivity index (χ0v) is 7.15. The maximum atomic E-state index is 10.6. The minimum Gasteiger partial charge on any atom is -0.463 e. The number of esters is 2. The van der Waals surface area contributed by atoms with Gasteiger partial charge in [0.1, 0.15) is 0 Å².